The zero-order valence-corrected chi connectivity index (χ0v) is 12.9. The average Bonchev–Trinajstić information content (AvgIpc) is 3.30. The fourth-order valence-corrected chi connectivity index (χ4v) is 2.19. The van der Waals surface area contributed by atoms with Gasteiger partial charge in [-0.3, -0.25) is 0 Å². The smallest absolute Gasteiger partial charge is 0.227 e. The van der Waals surface area contributed by atoms with Crippen LogP contribution >= 0.6 is 11.6 Å². The van der Waals surface area contributed by atoms with Crippen LogP contribution in [0.4, 0.5) is 0 Å². The lowest BCUT2D eigenvalue weighted by Gasteiger charge is -2.13. The van der Waals surface area contributed by atoms with Gasteiger partial charge in [-0.05, 0) is 38.8 Å². The summed E-state index contributed by atoms with van der Waals surface area (Å²) in [4.78, 5) is 8.86. The number of hydrogen-bond acceptors (Lipinski definition) is 4. The van der Waals surface area contributed by atoms with E-state index in [1.807, 2.05) is 38.1 Å². The van der Waals surface area contributed by atoms with Gasteiger partial charge in [-0.2, -0.15) is 4.98 Å². The van der Waals surface area contributed by atoms with Crippen molar-refractivity contribution >= 4 is 11.6 Å². The topological polar surface area (TPSA) is 44.2 Å². The van der Waals surface area contributed by atoms with E-state index in [-0.39, 0.29) is 0 Å². The summed E-state index contributed by atoms with van der Waals surface area (Å²) < 4.78 is 11.5. The van der Waals surface area contributed by atoms with Crippen molar-refractivity contribution in [1.29, 1.82) is 0 Å². The normalized spacial score (nSPS) is 14.0. The molecule has 0 saturated heterocycles. The average molecular weight is 305 g/mol. The molecule has 0 N–H and O–H groups in total. The number of ether oxygens (including phenoxy) is 2. The molecule has 0 bridgehead atoms. The Morgan fingerprint density at radius 1 is 1.19 bits per heavy atom. The Bertz CT molecular complexity index is 657. The van der Waals surface area contributed by atoms with Crippen LogP contribution < -0.4 is 9.47 Å². The second kappa shape index (κ2) is 5.90. The molecule has 3 rings (SSSR count). The van der Waals surface area contributed by atoms with Gasteiger partial charge < -0.3 is 9.47 Å². The standard InChI is InChI=1S/C16H17ClN2O2/c1-3-20-12-6-4-5-7-13(12)21-16-10(2)14(17)18-15(19-16)11-8-9-11/h4-7,11H,3,8-9H2,1-2H3. The van der Waals surface area contributed by atoms with Gasteiger partial charge in [-0.25, -0.2) is 4.98 Å². The van der Waals surface area contributed by atoms with Gasteiger partial charge in [0, 0.05) is 11.5 Å². The van der Waals surface area contributed by atoms with Crippen molar-refractivity contribution in [2.75, 3.05) is 6.61 Å². The van der Waals surface area contributed by atoms with Crippen molar-refractivity contribution < 1.29 is 9.47 Å². The number of nitrogens with zero attached hydrogens (tertiary/aromatic N) is 2. The summed E-state index contributed by atoms with van der Waals surface area (Å²) in [6, 6.07) is 7.54. The second-order valence-electron chi connectivity index (χ2n) is 5.06. The largest absolute Gasteiger partial charge is 0.490 e. The Morgan fingerprint density at radius 2 is 1.90 bits per heavy atom. The maximum absolute atomic E-state index is 6.20. The first-order valence-corrected chi connectivity index (χ1v) is 7.50. The SMILES string of the molecule is CCOc1ccccc1Oc1nc(C2CC2)nc(Cl)c1C. The highest BCUT2D eigenvalue weighted by Gasteiger charge is 2.28. The van der Waals surface area contributed by atoms with E-state index >= 15 is 0 Å². The molecule has 1 aromatic heterocycles. The van der Waals surface area contributed by atoms with Gasteiger partial charge in [0.25, 0.3) is 0 Å². The first kappa shape index (κ1) is 14.1. The minimum absolute atomic E-state index is 0.424. The van der Waals surface area contributed by atoms with E-state index < -0.39 is 0 Å². The lowest BCUT2D eigenvalue weighted by atomic mass is 10.3. The Morgan fingerprint density at radius 3 is 2.57 bits per heavy atom. The van der Waals surface area contributed by atoms with Crippen LogP contribution in [0.5, 0.6) is 17.4 Å². The molecular formula is C16H17ClN2O2. The van der Waals surface area contributed by atoms with Crippen LogP contribution in [0.1, 0.15) is 37.1 Å². The fourth-order valence-electron chi connectivity index (χ4n) is 2.02. The molecule has 0 spiro atoms. The minimum Gasteiger partial charge on any atom is -0.490 e. The third kappa shape index (κ3) is 3.10. The van der Waals surface area contributed by atoms with Crippen LogP contribution in [-0.4, -0.2) is 16.6 Å². The quantitative estimate of drug-likeness (QED) is 0.763. The zero-order chi connectivity index (χ0) is 14.8. The number of hydrogen-bond donors (Lipinski definition) is 0. The van der Waals surface area contributed by atoms with Crippen LogP contribution in [0.2, 0.25) is 5.15 Å². The Kier molecular flexibility index (Phi) is 3.97. The van der Waals surface area contributed by atoms with E-state index in [0.717, 1.165) is 24.2 Å². The van der Waals surface area contributed by atoms with E-state index in [4.69, 9.17) is 21.1 Å². The van der Waals surface area contributed by atoms with Gasteiger partial charge in [0.1, 0.15) is 11.0 Å². The molecule has 0 aliphatic heterocycles. The highest BCUT2D eigenvalue weighted by atomic mass is 35.5. The zero-order valence-electron chi connectivity index (χ0n) is 12.1. The van der Waals surface area contributed by atoms with Gasteiger partial charge in [0.05, 0.1) is 6.61 Å². The Hall–Kier alpha value is -1.81. The number of halogens is 1. The molecule has 1 aromatic carbocycles. The van der Waals surface area contributed by atoms with E-state index in [0.29, 0.717) is 35.1 Å². The predicted octanol–water partition coefficient (Wildman–Crippen LogP) is 4.51. The summed E-state index contributed by atoms with van der Waals surface area (Å²) >= 11 is 6.20. The highest BCUT2D eigenvalue weighted by Crippen LogP contribution is 2.41. The molecule has 1 fully saturated rings. The Labute approximate surface area is 129 Å². The van der Waals surface area contributed by atoms with E-state index in [9.17, 15) is 0 Å². The van der Waals surface area contributed by atoms with Crippen molar-refractivity contribution in [2.45, 2.75) is 32.6 Å². The number of aromatic nitrogens is 2. The van der Waals surface area contributed by atoms with Crippen LogP contribution in [0.15, 0.2) is 24.3 Å². The maximum atomic E-state index is 6.20. The first-order valence-electron chi connectivity index (χ1n) is 7.12. The third-order valence-electron chi connectivity index (χ3n) is 3.36. The van der Waals surface area contributed by atoms with E-state index in [2.05, 4.69) is 9.97 Å². The molecule has 1 aliphatic carbocycles. The van der Waals surface area contributed by atoms with Crippen LogP contribution in [-0.2, 0) is 0 Å². The summed E-state index contributed by atoms with van der Waals surface area (Å²) in [5.41, 5.74) is 0.743. The Balaban J connectivity index is 1.94. The monoisotopic (exact) mass is 304 g/mol. The molecule has 2 aromatic rings. The molecule has 0 amide bonds. The summed E-state index contributed by atoms with van der Waals surface area (Å²) in [5, 5.41) is 0.454. The van der Waals surface area contributed by atoms with Crippen molar-refractivity contribution in [3.63, 3.8) is 0 Å². The molecule has 5 heteroatoms. The molecule has 1 aliphatic rings. The number of benzene rings is 1. The van der Waals surface area contributed by atoms with Gasteiger partial charge >= 0.3 is 0 Å². The van der Waals surface area contributed by atoms with E-state index in [1.165, 1.54) is 0 Å². The van der Waals surface area contributed by atoms with Gasteiger partial charge in [0.2, 0.25) is 5.88 Å². The van der Waals surface area contributed by atoms with Crippen molar-refractivity contribution in [2.24, 2.45) is 0 Å². The molecule has 0 unspecified atom stereocenters. The molecule has 0 radical (unpaired) electrons. The lowest BCUT2D eigenvalue weighted by molar-refractivity contribution is 0.319. The van der Waals surface area contributed by atoms with Crippen LogP contribution in [0.3, 0.4) is 0 Å². The van der Waals surface area contributed by atoms with Crippen molar-refractivity contribution in [3.05, 3.63) is 40.8 Å². The van der Waals surface area contributed by atoms with Gasteiger partial charge in [-0.1, -0.05) is 23.7 Å². The first-order chi connectivity index (χ1) is 10.2. The number of rotatable bonds is 5. The molecule has 1 saturated carbocycles. The number of para-hydroxylation sites is 2. The summed E-state index contributed by atoms with van der Waals surface area (Å²) in [7, 11) is 0. The van der Waals surface area contributed by atoms with Crippen molar-refractivity contribution in [3.8, 4) is 17.4 Å². The lowest BCUT2D eigenvalue weighted by Crippen LogP contribution is -2.01. The molecule has 110 valence electrons. The fraction of sp³-hybridized carbons (Fsp3) is 0.375. The minimum atomic E-state index is 0.424. The van der Waals surface area contributed by atoms with Crippen LogP contribution in [0.25, 0.3) is 0 Å². The molecule has 0 atom stereocenters. The predicted molar refractivity (Wildman–Crippen MR) is 81.4 cm³/mol. The van der Waals surface area contributed by atoms with E-state index in [1.54, 1.807) is 0 Å². The van der Waals surface area contributed by atoms with Crippen LogP contribution in [0, 0.1) is 6.92 Å². The molecule has 4 nitrogen and oxygen atoms in total. The van der Waals surface area contributed by atoms with Crippen molar-refractivity contribution in [1.82, 2.24) is 9.97 Å². The third-order valence-corrected chi connectivity index (χ3v) is 3.73. The molecular weight excluding hydrogens is 288 g/mol. The summed E-state index contributed by atoms with van der Waals surface area (Å²) in [6.07, 6.45) is 2.24. The summed E-state index contributed by atoms with van der Waals surface area (Å²) in [6.45, 7) is 4.38. The highest BCUT2D eigenvalue weighted by molar-refractivity contribution is 6.30. The molecule has 1 heterocycles. The van der Waals surface area contributed by atoms with Gasteiger partial charge in [0.15, 0.2) is 11.5 Å². The maximum Gasteiger partial charge on any atom is 0.227 e. The molecule has 21 heavy (non-hydrogen) atoms. The van der Waals surface area contributed by atoms with Gasteiger partial charge in [-0.15, -0.1) is 0 Å². The summed E-state index contributed by atoms with van der Waals surface area (Å²) in [5.74, 6) is 3.03. The second-order valence-corrected chi connectivity index (χ2v) is 5.42.